The van der Waals surface area contributed by atoms with Crippen LogP contribution in [0.5, 0.6) is 5.88 Å². The van der Waals surface area contributed by atoms with Crippen LogP contribution >= 0.6 is 0 Å². The molecule has 0 saturated heterocycles. The van der Waals surface area contributed by atoms with Crippen molar-refractivity contribution in [3.05, 3.63) is 47.2 Å². The van der Waals surface area contributed by atoms with E-state index in [1.165, 1.54) is 7.11 Å². The zero-order valence-corrected chi connectivity index (χ0v) is 12.1. The number of carbonyl (C=O) groups is 1. The molecule has 0 radical (unpaired) electrons. The molecule has 3 N–H and O–H groups in total. The molecule has 0 spiro atoms. The third-order valence-electron chi connectivity index (χ3n) is 2.91. The standard InChI is InChI=1S/C15H18N4O2/c1-10-9-13(21-2)18-15(17-10)19-14(20)12-5-3-11(4-6-12)7-8-16/h3-6,9H,7-8,16H2,1-2H3,(H,17,18,19,20). The smallest absolute Gasteiger partial charge is 0.258 e. The summed E-state index contributed by atoms with van der Waals surface area (Å²) in [5, 5.41) is 2.66. The Morgan fingerprint density at radius 1 is 1.29 bits per heavy atom. The van der Waals surface area contributed by atoms with Crippen LogP contribution in [-0.4, -0.2) is 29.5 Å². The van der Waals surface area contributed by atoms with Crippen LogP contribution in [0, 0.1) is 6.92 Å². The summed E-state index contributed by atoms with van der Waals surface area (Å²) < 4.78 is 5.05. The van der Waals surface area contributed by atoms with Crippen LogP contribution in [-0.2, 0) is 6.42 Å². The van der Waals surface area contributed by atoms with Crippen molar-refractivity contribution in [1.29, 1.82) is 0 Å². The molecule has 1 heterocycles. The molecule has 0 bridgehead atoms. The maximum absolute atomic E-state index is 12.1. The zero-order chi connectivity index (χ0) is 15.2. The number of amides is 1. The molecule has 0 atom stereocenters. The van der Waals surface area contributed by atoms with Crippen LogP contribution in [0.25, 0.3) is 0 Å². The van der Waals surface area contributed by atoms with Gasteiger partial charge in [-0.2, -0.15) is 4.98 Å². The number of nitrogens with zero attached hydrogens (tertiary/aromatic N) is 2. The summed E-state index contributed by atoms with van der Waals surface area (Å²) in [6.07, 6.45) is 0.792. The Bertz CT molecular complexity index is 626. The van der Waals surface area contributed by atoms with E-state index in [2.05, 4.69) is 15.3 Å². The van der Waals surface area contributed by atoms with Gasteiger partial charge in [-0.1, -0.05) is 12.1 Å². The lowest BCUT2D eigenvalue weighted by Gasteiger charge is -2.07. The monoisotopic (exact) mass is 286 g/mol. The van der Waals surface area contributed by atoms with Crippen LogP contribution < -0.4 is 15.8 Å². The average molecular weight is 286 g/mol. The molecular weight excluding hydrogens is 268 g/mol. The highest BCUT2D eigenvalue weighted by molar-refractivity contribution is 6.03. The Kier molecular flexibility index (Phi) is 4.84. The first-order valence-corrected chi connectivity index (χ1v) is 6.62. The first kappa shape index (κ1) is 14.9. The summed E-state index contributed by atoms with van der Waals surface area (Å²) in [5.41, 5.74) is 7.85. The van der Waals surface area contributed by atoms with Crippen molar-refractivity contribution in [2.75, 3.05) is 19.0 Å². The molecule has 0 aliphatic carbocycles. The number of nitrogens with two attached hydrogens (primary N) is 1. The second-order valence-electron chi connectivity index (χ2n) is 4.57. The highest BCUT2D eigenvalue weighted by Crippen LogP contribution is 2.12. The number of ether oxygens (including phenoxy) is 1. The van der Waals surface area contributed by atoms with Crippen LogP contribution in [0.1, 0.15) is 21.6 Å². The highest BCUT2D eigenvalue weighted by Gasteiger charge is 2.09. The Balaban J connectivity index is 2.12. The lowest BCUT2D eigenvalue weighted by atomic mass is 10.1. The van der Waals surface area contributed by atoms with Crippen molar-refractivity contribution < 1.29 is 9.53 Å². The van der Waals surface area contributed by atoms with Crippen LogP contribution in [0.3, 0.4) is 0 Å². The maximum Gasteiger partial charge on any atom is 0.258 e. The van der Waals surface area contributed by atoms with Crippen molar-refractivity contribution in [3.63, 3.8) is 0 Å². The SMILES string of the molecule is COc1cc(C)nc(NC(=O)c2ccc(CCN)cc2)n1. The van der Waals surface area contributed by atoms with E-state index >= 15 is 0 Å². The Labute approximate surface area is 123 Å². The number of nitrogens with one attached hydrogen (secondary N) is 1. The predicted octanol–water partition coefficient (Wildman–Crippen LogP) is 1.55. The van der Waals surface area contributed by atoms with Gasteiger partial charge in [-0.15, -0.1) is 0 Å². The average Bonchev–Trinajstić information content (AvgIpc) is 2.47. The summed E-state index contributed by atoms with van der Waals surface area (Å²) in [4.78, 5) is 20.4. The fraction of sp³-hybridized carbons (Fsp3) is 0.267. The van der Waals surface area contributed by atoms with Gasteiger partial charge in [0.2, 0.25) is 11.8 Å². The van der Waals surface area contributed by atoms with Crippen LogP contribution in [0.15, 0.2) is 30.3 Å². The van der Waals surface area contributed by atoms with E-state index in [0.29, 0.717) is 18.0 Å². The van der Waals surface area contributed by atoms with E-state index in [1.807, 2.05) is 19.1 Å². The number of hydrogen-bond donors (Lipinski definition) is 2. The van der Waals surface area contributed by atoms with E-state index in [4.69, 9.17) is 10.5 Å². The summed E-state index contributed by atoms with van der Waals surface area (Å²) in [5.74, 6) is 0.376. The second kappa shape index (κ2) is 6.81. The van der Waals surface area contributed by atoms with Gasteiger partial charge in [0.15, 0.2) is 0 Å². The molecular formula is C15H18N4O2. The minimum absolute atomic E-state index is 0.225. The van der Waals surface area contributed by atoms with Gasteiger partial charge in [0.1, 0.15) is 0 Å². The zero-order valence-electron chi connectivity index (χ0n) is 12.1. The molecule has 21 heavy (non-hydrogen) atoms. The molecule has 0 unspecified atom stereocenters. The Hall–Kier alpha value is -2.47. The number of carbonyl (C=O) groups excluding carboxylic acids is 1. The quantitative estimate of drug-likeness (QED) is 0.870. The molecule has 6 heteroatoms. The first-order chi connectivity index (χ1) is 10.1. The van der Waals surface area contributed by atoms with Gasteiger partial charge in [-0.25, -0.2) is 4.98 Å². The van der Waals surface area contributed by atoms with Crippen molar-refractivity contribution in [2.24, 2.45) is 5.73 Å². The van der Waals surface area contributed by atoms with E-state index in [-0.39, 0.29) is 11.9 Å². The highest BCUT2D eigenvalue weighted by atomic mass is 16.5. The minimum Gasteiger partial charge on any atom is -0.481 e. The summed E-state index contributed by atoms with van der Waals surface area (Å²) in [7, 11) is 1.52. The van der Waals surface area contributed by atoms with Crippen LogP contribution in [0.2, 0.25) is 0 Å². The number of hydrogen-bond acceptors (Lipinski definition) is 5. The van der Waals surface area contributed by atoms with Gasteiger partial charge < -0.3 is 10.5 Å². The number of anilines is 1. The molecule has 2 rings (SSSR count). The molecule has 0 fully saturated rings. The van der Waals surface area contributed by atoms with Crippen molar-refractivity contribution in [3.8, 4) is 5.88 Å². The topological polar surface area (TPSA) is 90.1 Å². The second-order valence-corrected chi connectivity index (χ2v) is 4.57. The van der Waals surface area contributed by atoms with Crippen molar-refractivity contribution in [2.45, 2.75) is 13.3 Å². The lowest BCUT2D eigenvalue weighted by molar-refractivity contribution is 0.102. The first-order valence-electron chi connectivity index (χ1n) is 6.62. The number of aryl methyl sites for hydroxylation is 1. The van der Waals surface area contributed by atoms with Gasteiger partial charge >= 0.3 is 0 Å². The molecule has 2 aromatic rings. The van der Waals surface area contributed by atoms with Gasteiger partial charge in [0.25, 0.3) is 5.91 Å². The molecule has 1 aromatic heterocycles. The van der Waals surface area contributed by atoms with E-state index in [0.717, 1.165) is 17.7 Å². The molecule has 110 valence electrons. The maximum atomic E-state index is 12.1. The Morgan fingerprint density at radius 3 is 2.62 bits per heavy atom. The summed E-state index contributed by atoms with van der Waals surface area (Å²) in [6.45, 7) is 2.39. The van der Waals surface area contributed by atoms with E-state index in [1.54, 1.807) is 18.2 Å². The number of rotatable bonds is 5. The fourth-order valence-corrected chi connectivity index (χ4v) is 1.86. The molecule has 0 aliphatic rings. The van der Waals surface area contributed by atoms with Crippen molar-refractivity contribution >= 4 is 11.9 Å². The normalized spacial score (nSPS) is 10.2. The largest absolute Gasteiger partial charge is 0.481 e. The van der Waals surface area contributed by atoms with Gasteiger partial charge in [0, 0.05) is 17.3 Å². The molecule has 0 aliphatic heterocycles. The van der Waals surface area contributed by atoms with Gasteiger partial charge in [-0.05, 0) is 37.6 Å². The fourth-order valence-electron chi connectivity index (χ4n) is 1.86. The number of aromatic nitrogens is 2. The van der Waals surface area contributed by atoms with Gasteiger partial charge in [0.05, 0.1) is 7.11 Å². The minimum atomic E-state index is -0.262. The summed E-state index contributed by atoms with van der Waals surface area (Å²) >= 11 is 0. The van der Waals surface area contributed by atoms with E-state index < -0.39 is 0 Å². The Morgan fingerprint density at radius 2 is 2.00 bits per heavy atom. The predicted molar refractivity (Wildman–Crippen MR) is 80.5 cm³/mol. The molecule has 1 aromatic carbocycles. The summed E-state index contributed by atoms with van der Waals surface area (Å²) in [6, 6.07) is 8.98. The number of methoxy groups -OCH3 is 1. The van der Waals surface area contributed by atoms with E-state index in [9.17, 15) is 4.79 Å². The molecule has 0 saturated carbocycles. The lowest BCUT2D eigenvalue weighted by Crippen LogP contribution is -2.15. The third-order valence-corrected chi connectivity index (χ3v) is 2.91. The van der Waals surface area contributed by atoms with Crippen molar-refractivity contribution in [1.82, 2.24) is 9.97 Å². The van der Waals surface area contributed by atoms with Gasteiger partial charge in [-0.3, -0.25) is 10.1 Å². The molecule has 1 amide bonds. The third kappa shape index (κ3) is 4.00. The van der Waals surface area contributed by atoms with Crippen LogP contribution in [0.4, 0.5) is 5.95 Å². The molecule has 6 nitrogen and oxygen atoms in total. The number of benzene rings is 1.